The average molecular weight is 395 g/mol. The Hall–Kier alpha value is -2.58. The van der Waals surface area contributed by atoms with Gasteiger partial charge in [0, 0.05) is 6.07 Å². The number of benzene rings is 2. The highest BCUT2D eigenvalue weighted by Crippen LogP contribution is 2.28. The number of esters is 1. The highest BCUT2D eigenvalue weighted by atomic mass is 35.5. The molecule has 1 atom stereocenters. The molecule has 26 heavy (non-hydrogen) atoms. The number of para-hydroxylation sites is 1. The number of anilines is 1. The van der Waals surface area contributed by atoms with Crippen LogP contribution in [-0.2, 0) is 9.53 Å². The Morgan fingerprint density at radius 3 is 2.58 bits per heavy atom. The molecule has 0 saturated heterocycles. The van der Waals surface area contributed by atoms with Crippen LogP contribution in [0.4, 0.5) is 11.4 Å². The minimum Gasteiger partial charge on any atom is -0.449 e. The van der Waals surface area contributed by atoms with Crippen molar-refractivity contribution in [3.05, 3.63) is 63.2 Å². The number of rotatable bonds is 6. The monoisotopic (exact) mass is 394 g/mol. The number of ether oxygens (including phenoxy) is 1. The van der Waals surface area contributed by atoms with E-state index >= 15 is 0 Å². The molecule has 0 saturated carbocycles. The van der Waals surface area contributed by atoms with Gasteiger partial charge < -0.3 is 10.1 Å². The van der Waals surface area contributed by atoms with Crippen LogP contribution in [-0.4, -0.2) is 29.2 Å². The van der Waals surface area contributed by atoms with Crippen molar-refractivity contribution in [2.24, 2.45) is 0 Å². The minimum atomic E-state index is -1.11. The van der Waals surface area contributed by atoms with Gasteiger partial charge in [0.25, 0.3) is 11.6 Å². The normalized spacial score (nSPS) is 11.5. The van der Waals surface area contributed by atoms with Crippen LogP contribution in [0, 0.1) is 10.1 Å². The minimum absolute atomic E-state index is 0.00751. The molecule has 2 rings (SSSR count). The molecule has 0 aliphatic carbocycles. The van der Waals surface area contributed by atoms with Crippen LogP contribution in [0.3, 0.4) is 0 Å². The van der Waals surface area contributed by atoms with Crippen molar-refractivity contribution in [1.29, 1.82) is 0 Å². The molecule has 0 aliphatic heterocycles. The summed E-state index contributed by atoms with van der Waals surface area (Å²) in [5.41, 5.74) is 0.189. The van der Waals surface area contributed by atoms with Gasteiger partial charge in [-0.1, -0.05) is 23.7 Å². The highest BCUT2D eigenvalue weighted by Gasteiger charge is 2.22. The Morgan fingerprint density at radius 1 is 1.27 bits per heavy atom. The molecule has 0 bridgehead atoms. The lowest BCUT2D eigenvalue weighted by Crippen LogP contribution is -2.30. The fourth-order valence-electron chi connectivity index (χ4n) is 2.04. The first-order valence-electron chi connectivity index (χ1n) is 7.42. The van der Waals surface area contributed by atoms with E-state index in [1.807, 2.05) is 0 Å². The second-order valence-electron chi connectivity index (χ2n) is 5.16. The first-order valence-corrected chi connectivity index (χ1v) is 9.02. The lowest BCUT2D eigenvalue weighted by molar-refractivity contribution is -0.387. The molecule has 9 heteroatoms. The number of carbonyl (C=O) groups is 2. The predicted molar refractivity (Wildman–Crippen MR) is 99.8 cm³/mol. The average Bonchev–Trinajstić information content (AvgIpc) is 2.62. The fraction of sp³-hybridized carbons (Fsp3) is 0.176. The first-order chi connectivity index (χ1) is 12.3. The van der Waals surface area contributed by atoms with Crippen LogP contribution in [0.1, 0.15) is 17.3 Å². The Labute approximate surface area is 158 Å². The van der Waals surface area contributed by atoms with Crippen LogP contribution in [0.15, 0.2) is 47.4 Å². The molecule has 0 radical (unpaired) electrons. The van der Waals surface area contributed by atoms with Gasteiger partial charge in [-0.25, -0.2) is 4.79 Å². The van der Waals surface area contributed by atoms with Crippen LogP contribution in [0.5, 0.6) is 0 Å². The standard InChI is InChI=1S/C17H15ClN2O5S/c1-10(16(21)19-13-6-4-3-5-12(13)18)25-17(22)11-7-8-15(26-2)14(9-11)20(23)24/h3-10H,1-2H3,(H,19,21)/t10-/m1/s1. The van der Waals surface area contributed by atoms with Crippen LogP contribution >= 0.6 is 23.4 Å². The Balaban J connectivity index is 2.09. The summed E-state index contributed by atoms with van der Waals surface area (Å²) >= 11 is 7.16. The summed E-state index contributed by atoms with van der Waals surface area (Å²) in [6, 6.07) is 10.7. The predicted octanol–water partition coefficient (Wildman–Crippen LogP) is 4.15. The van der Waals surface area contributed by atoms with Gasteiger partial charge in [-0.05, 0) is 37.4 Å². The quantitative estimate of drug-likeness (QED) is 0.342. The molecule has 0 fully saturated rings. The van der Waals surface area contributed by atoms with E-state index in [1.165, 1.54) is 30.8 Å². The third-order valence-electron chi connectivity index (χ3n) is 3.40. The van der Waals surface area contributed by atoms with Crippen LogP contribution < -0.4 is 5.32 Å². The smallest absolute Gasteiger partial charge is 0.339 e. The maximum Gasteiger partial charge on any atom is 0.339 e. The van der Waals surface area contributed by atoms with Crippen molar-refractivity contribution in [2.45, 2.75) is 17.9 Å². The zero-order chi connectivity index (χ0) is 19.3. The van der Waals surface area contributed by atoms with Gasteiger partial charge in [-0.15, -0.1) is 11.8 Å². The van der Waals surface area contributed by atoms with Gasteiger partial charge >= 0.3 is 5.97 Å². The number of amides is 1. The molecular formula is C17H15ClN2O5S. The topological polar surface area (TPSA) is 98.5 Å². The molecule has 0 heterocycles. The third kappa shape index (κ3) is 4.74. The summed E-state index contributed by atoms with van der Waals surface area (Å²) in [4.78, 5) is 35.3. The molecule has 0 aromatic heterocycles. The number of nitrogens with one attached hydrogen (secondary N) is 1. The number of carbonyl (C=O) groups excluding carboxylic acids is 2. The molecule has 0 unspecified atom stereocenters. The number of nitrogens with zero attached hydrogens (tertiary/aromatic N) is 1. The largest absolute Gasteiger partial charge is 0.449 e. The van der Waals surface area contributed by atoms with E-state index in [-0.39, 0.29) is 11.3 Å². The van der Waals surface area contributed by atoms with Crippen molar-refractivity contribution in [3.8, 4) is 0 Å². The van der Waals surface area contributed by atoms with E-state index in [9.17, 15) is 19.7 Å². The molecule has 7 nitrogen and oxygen atoms in total. The third-order valence-corrected chi connectivity index (χ3v) is 4.51. The lowest BCUT2D eigenvalue weighted by Gasteiger charge is -2.14. The number of halogens is 1. The maximum atomic E-state index is 12.2. The number of nitro benzene ring substituents is 1. The van der Waals surface area contributed by atoms with Crippen molar-refractivity contribution < 1.29 is 19.2 Å². The lowest BCUT2D eigenvalue weighted by atomic mass is 10.2. The number of nitro groups is 1. The number of hydrogen-bond acceptors (Lipinski definition) is 6. The van der Waals surface area contributed by atoms with Crippen molar-refractivity contribution in [3.63, 3.8) is 0 Å². The summed E-state index contributed by atoms with van der Waals surface area (Å²) in [5.74, 6) is -1.40. The zero-order valence-corrected chi connectivity index (χ0v) is 15.5. The molecule has 0 spiro atoms. The van der Waals surface area contributed by atoms with Gasteiger partial charge in [-0.3, -0.25) is 14.9 Å². The first kappa shape index (κ1) is 19.7. The van der Waals surface area contributed by atoms with Crippen molar-refractivity contribution >= 4 is 46.6 Å². The summed E-state index contributed by atoms with van der Waals surface area (Å²) in [7, 11) is 0. The highest BCUT2D eigenvalue weighted by molar-refractivity contribution is 7.98. The molecule has 1 amide bonds. The Kier molecular flexibility index (Phi) is 6.59. The van der Waals surface area contributed by atoms with Gasteiger partial charge in [-0.2, -0.15) is 0 Å². The van der Waals surface area contributed by atoms with Crippen molar-refractivity contribution in [2.75, 3.05) is 11.6 Å². The number of hydrogen-bond donors (Lipinski definition) is 1. The summed E-state index contributed by atoms with van der Waals surface area (Å²) < 4.78 is 5.10. The SMILES string of the molecule is CSc1ccc(C(=O)O[C@H](C)C(=O)Nc2ccccc2Cl)cc1[N+](=O)[O-]. The fourth-order valence-corrected chi connectivity index (χ4v) is 2.77. The van der Waals surface area contributed by atoms with E-state index in [1.54, 1.807) is 30.5 Å². The Bertz CT molecular complexity index is 859. The van der Waals surface area contributed by atoms with E-state index < -0.39 is 22.9 Å². The number of thioether (sulfide) groups is 1. The molecule has 2 aromatic carbocycles. The summed E-state index contributed by atoms with van der Waals surface area (Å²) in [6.45, 7) is 1.40. The van der Waals surface area contributed by atoms with Gasteiger partial charge in [0.05, 0.1) is 26.1 Å². The molecular weight excluding hydrogens is 380 g/mol. The van der Waals surface area contributed by atoms with Crippen LogP contribution in [0.2, 0.25) is 5.02 Å². The van der Waals surface area contributed by atoms with Crippen LogP contribution in [0.25, 0.3) is 0 Å². The summed E-state index contributed by atoms with van der Waals surface area (Å²) in [5, 5.41) is 14.0. The Morgan fingerprint density at radius 2 is 1.96 bits per heavy atom. The van der Waals surface area contributed by atoms with Gasteiger partial charge in [0.1, 0.15) is 0 Å². The van der Waals surface area contributed by atoms with E-state index in [0.717, 1.165) is 6.07 Å². The maximum absolute atomic E-state index is 12.2. The second-order valence-corrected chi connectivity index (χ2v) is 6.42. The molecule has 136 valence electrons. The summed E-state index contributed by atoms with van der Waals surface area (Å²) in [6.07, 6.45) is 0.583. The molecule has 2 aromatic rings. The zero-order valence-electron chi connectivity index (χ0n) is 13.9. The van der Waals surface area contributed by atoms with E-state index in [0.29, 0.717) is 15.6 Å². The second kappa shape index (κ2) is 8.68. The van der Waals surface area contributed by atoms with Gasteiger partial charge in [0.2, 0.25) is 0 Å². The molecule has 1 N–H and O–H groups in total. The van der Waals surface area contributed by atoms with Crippen molar-refractivity contribution in [1.82, 2.24) is 0 Å². The molecule has 0 aliphatic rings. The van der Waals surface area contributed by atoms with E-state index in [2.05, 4.69) is 5.32 Å². The van der Waals surface area contributed by atoms with E-state index in [4.69, 9.17) is 16.3 Å². The van der Waals surface area contributed by atoms with Gasteiger partial charge in [0.15, 0.2) is 6.10 Å².